The molecule has 1 spiro atoms. The van der Waals surface area contributed by atoms with Crippen molar-refractivity contribution in [3.05, 3.63) is 34.3 Å². The van der Waals surface area contributed by atoms with Gasteiger partial charge in [-0.1, -0.05) is 24.6 Å². The van der Waals surface area contributed by atoms with Crippen molar-refractivity contribution in [1.29, 1.82) is 0 Å². The van der Waals surface area contributed by atoms with E-state index in [1.165, 1.54) is 18.4 Å². The van der Waals surface area contributed by atoms with E-state index in [4.69, 9.17) is 16.3 Å². The number of amides is 2. The fourth-order valence-corrected chi connectivity index (χ4v) is 5.19. The second-order valence-corrected chi connectivity index (χ2v) is 11.2. The summed E-state index contributed by atoms with van der Waals surface area (Å²) >= 11 is 6.38. The van der Waals surface area contributed by atoms with E-state index in [9.17, 15) is 9.59 Å². The largest absolute Gasteiger partial charge is 0.444 e. The number of hydrogen-bond donors (Lipinski definition) is 0. The number of piperidine rings is 1. The molecule has 1 saturated carbocycles. The van der Waals surface area contributed by atoms with Crippen molar-refractivity contribution in [3.63, 3.8) is 0 Å². The number of nitrogens with zero attached hydrogens (tertiary/aromatic N) is 2. The topological polar surface area (TPSA) is 49.9 Å². The van der Waals surface area contributed by atoms with Crippen LogP contribution in [0.5, 0.6) is 0 Å². The average Bonchev–Trinajstić information content (AvgIpc) is 3.30. The van der Waals surface area contributed by atoms with Crippen molar-refractivity contribution < 1.29 is 14.3 Å². The molecule has 1 unspecified atom stereocenters. The van der Waals surface area contributed by atoms with E-state index in [-0.39, 0.29) is 12.0 Å². The molecule has 3 rings (SSSR count). The Kier molecular flexibility index (Phi) is 6.95. The number of benzene rings is 1. The molecule has 1 aromatic carbocycles. The van der Waals surface area contributed by atoms with Crippen LogP contribution in [0.1, 0.15) is 69.3 Å². The SMILES string of the molecule is CC(Cc1ccc(C(=O)N(C)C)c(Cl)c1)C[C@@H]1CC12CCN(C(=O)OC(C)(C)C)CC2. The van der Waals surface area contributed by atoms with Crippen LogP contribution in [0.25, 0.3) is 0 Å². The predicted molar refractivity (Wildman–Crippen MR) is 125 cm³/mol. The quantitative estimate of drug-likeness (QED) is 0.584. The van der Waals surface area contributed by atoms with Crippen molar-refractivity contribution in [3.8, 4) is 0 Å². The van der Waals surface area contributed by atoms with Gasteiger partial charge >= 0.3 is 6.09 Å². The van der Waals surface area contributed by atoms with Gasteiger partial charge in [0.1, 0.15) is 5.60 Å². The molecule has 1 aliphatic heterocycles. The van der Waals surface area contributed by atoms with Crippen LogP contribution in [0, 0.1) is 17.3 Å². The molecule has 2 amide bonds. The van der Waals surface area contributed by atoms with Crippen LogP contribution in [0.15, 0.2) is 18.2 Å². The van der Waals surface area contributed by atoms with Crippen molar-refractivity contribution in [1.82, 2.24) is 9.80 Å². The minimum atomic E-state index is -0.440. The fraction of sp³-hybridized carbons (Fsp3) is 0.680. The van der Waals surface area contributed by atoms with Gasteiger partial charge in [0.05, 0.1) is 10.6 Å². The van der Waals surface area contributed by atoms with Crippen LogP contribution in [0.3, 0.4) is 0 Å². The summed E-state index contributed by atoms with van der Waals surface area (Å²) in [6.45, 7) is 9.64. The highest BCUT2D eigenvalue weighted by molar-refractivity contribution is 6.33. The van der Waals surface area contributed by atoms with Crippen molar-refractivity contribution in [2.75, 3.05) is 27.2 Å². The molecule has 0 aromatic heterocycles. The summed E-state index contributed by atoms with van der Waals surface area (Å²) < 4.78 is 5.52. The van der Waals surface area contributed by atoms with Crippen molar-refractivity contribution in [2.45, 2.75) is 65.4 Å². The maximum absolute atomic E-state index is 12.3. The van der Waals surface area contributed by atoms with Crippen LogP contribution in [-0.4, -0.2) is 54.6 Å². The van der Waals surface area contributed by atoms with E-state index in [2.05, 4.69) is 6.92 Å². The molecule has 2 aliphatic rings. The first-order valence-corrected chi connectivity index (χ1v) is 11.8. The smallest absolute Gasteiger partial charge is 0.410 e. The first kappa shape index (κ1) is 23.9. The van der Waals surface area contributed by atoms with Crippen LogP contribution >= 0.6 is 11.6 Å². The van der Waals surface area contributed by atoms with Gasteiger partial charge in [0.2, 0.25) is 0 Å². The molecule has 0 radical (unpaired) electrons. The number of carbonyl (C=O) groups is 2. The third-order valence-corrected chi connectivity index (χ3v) is 7.02. The maximum atomic E-state index is 12.3. The molecule has 2 atom stereocenters. The number of rotatable bonds is 5. The van der Waals surface area contributed by atoms with Gasteiger partial charge in [0.25, 0.3) is 5.91 Å². The predicted octanol–water partition coefficient (Wildman–Crippen LogP) is 5.65. The molecular formula is C25H37ClN2O3. The van der Waals surface area contributed by atoms with Crippen molar-refractivity contribution in [2.24, 2.45) is 17.3 Å². The Labute approximate surface area is 192 Å². The molecular weight excluding hydrogens is 412 g/mol. The van der Waals surface area contributed by atoms with E-state index in [0.29, 0.717) is 21.9 Å². The fourth-order valence-electron chi connectivity index (χ4n) is 4.91. The van der Waals surface area contributed by atoms with E-state index >= 15 is 0 Å². The Morgan fingerprint density at radius 2 is 1.90 bits per heavy atom. The maximum Gasteiger partial charge on any atom is 0.410 e. The molecule has 1 saturated heterocycles. The average molecular weight is 449 g/mol. The van der Waals surface area contributed by atoms with E-state index in [0.717, 1.165) is 38.3 Å². The third-order valence-electron chi connectivity index (χ3n) is 6.71. The Morgan fingerprint density at radius 3 is 2.45 bits per heavy atom. The lowest BCUT2D eigenvalue weighted by Gasteiger charge is -2.34. The van der Waals surface area contributed by atoms with Gasteiger partial charge in [-0.05, 0) is 87.8 Å². The second kappa shape index (κ2) is 9.01. The zero-order chi connectivity index (χ0) is 23.0. The number of ether oxygens (including phenoxy) is 1. The van der Waals surface area contributed by atoms with Gasteiger partial charge in [-0.3, -0.25) is 4.79 Å². The Hall–Kier alpha value is -1.75. The lowest BCUT2D eigenvalue weighted by atomic mass is 9.86. The minimum absolute atomic E-state index is 0.0674. The molecule has 6 heteroatoms. The summed E-state index contributed by atoms with van der Waals surface area (Å²) in [6.07, 6.45) is 5.42. The van der Waals surface area contributed by atoms with Gasteiger partial charge in [-0.25, -0.2) is 4.79 Å². The Morgan fingerprint density at radius 1 is 1.26 bits per heavy atom. The van der Waals surface area contributed by atoms with E-state index < -0.39 is 5.60 Å². The van der Waals surface area contributed by atoms with Gasteiger partial charge in [0, 0.05) is 27.2 Å². The molecule has 0 N–H and O–H groups in total. The van der Waals surface area contributed by atoms with Gasteiger partial charge in [-0.2, -0.15) is 0 Å². The third kappa shape index (κ3) is 5.94. The standard InChI is InChI=1S/C25H37ClN2O3/c1-17(13-18-7-8-20(21(26)15-18)22(29)27(5)6)14-19-16-25(19)9-11-28(12-10-25)23(30)31-24(2,3)4/h7-8,15,17,19H,9-14,16H2,1-6H3/t17?,19-/m1/s1. The molecule has 1 heterocycles. The highest BCUT2D eigenvalue weighted by atomic mass is 35.5. The first-order chi connectivity index (χ1) is 14.4. The summed E-state index contributed by atoms with van der Waals surface area (Å²) in [6, 6.07) is 5.82. The summed E-state index contributed by atoms with van der Waals surface area (Å²) in [7, 11) is 3.47. The Bertz CT molecular complexity index is 823. The highest BCUT2D eigenvalue weighted by Crippen LogP contribution is 2.61. The molecule has 0 bridgehead atoms. The molecule has 172 valence electrons. The molecule has 2 fully saturated rings. The molecule has 1 aromatic rings. The molecule has 31 heavy (non-hydrogen) atoms. The van der Waals surface area contributed by atoms with E-state index in [1.807, 2.05) is 43.9 Å². The number of likely N-dealkylation sites (tertiary alicyclic amines) is 1. The van der Waals surface area contributed by atoms with Gasteiger partial charge < -0.3 is 14.5 Å². The van der Waals surface area contributed by atoms with Gasteiger partial charge in [0.15, 0.2) is 0 Å². The summed E-state index contributed by atoms with van der Waals surface area (Å²) in [4.78, 5) is 27.9. The first-order valence-electron chi connectivity index (χ1n) is 11.4. The minimum Gasteiger partial charge on any atom is -0.444 e. The Balaban J connectivity index is 1.48. The number of carbonyl (C=O) groups excluding carboxylic acids is 2. The normalized spacial score (nSPS) is 21.0. The monoisotopic (exact) mass is 448 g/mol. The van der Waals surface area contributed by atoms with Crippen LogP contribution in [-0.2, 0) is 11.2 Å². The molecule has 1 aliphatic carbocycles. The van der Waals surface area contributed by atoms with E-state index in [1.54, 1.807) is 19.0 Å². The lowest BCUT2D eigenvalue weighted by molar-refractivity contribution is 0.0163. The summed E-state index contributed by atoms with van der Waals surface area (Å²) in [5.74, 6) is 1.23. The van der Waals surface area contributed by atoms with Crippen LogP contribution < -0.4 is 0 Å². The zero-order valence-electron chi connectivity index (χ0n) is 19.8. The second-order valence-electron chi connectivity index (χ2n) is 10.8. The van der Waals surface area contributed by atoms with Crippen molar-refractivity contribution >= 4 is 23.6 Å². The zero-order valence-corrected chi connectivity index (χ0v) is 20.6. The lowest BCUT2D eigenvalue weighted by Crippen LogP contribution is -2.42. The van der Waals surface area contributed by atoms with Crippen LogP contribution in [0.2, 0.25) is 5.02 Å². The molecule has 5 nitrogen and oxygen atoms in total. The number of hydrogen-bond acceptors (Lipinski definition) is 3. The summed E-state index contributed by atoms with van der Waals surface area (Å²) in [5.41, 5.74) is 1.72. The van der Waals surface area contributed by atoms with Crippen LogP contribution in [0.4, 0.5) is 4.79 Å². The summed E-state index contributed by atoms with van der Waals surface area (Å²) in [5, 5.41) is 0.529. The van der Waals surface area contributed by atoms with Gasteiger partial charge in [-0.15, -0.1) is 0 Å². The highest BCUT2D eigenvalue weighted by Gasteiger charge is 2.55. The number of halogens is 1.